The Bertz CT molecular complexity index is 523. The molecule has 2 rings (SSSR count). The van der Waals surface area contributed by atoms with Gasteiger partial charge >= 0.3 is 0 Å². The first-order valence-electron chi connectivity index (χ1n) is 6.25. The maximum Gasteiger partial charge on any atom is 0.262 e. The highest BCUT2D eigenvalue weighted by Gasteiger charge is 2.17. The number of aromatic nitrogens is 1. The zero-order valence-corrected chi connectivity index (χ0v) is 11.2. The smallest absolute Gasteiger partial charge is 0.262 e. The van der Waals surface area contributed by atoms with E-state index in [4.69, 9.17) is 17.3 Å². The van der Waals surface area contributed by atoms with Gasteiger partial charge in [0.1, 0.15) is 11.4 Å². The molecule has 6 nitrogen and oxygen atoms in total. The Morgan fingerprint density at radius 1 is 1.47 bits per heavy atom. The third kappa shape index (κ3) is 3.48. The molecule has 0 aromatic carbocycles. The molecule has 19 heavy (non-hydrogen) atoms. The topological polar surface area (TPSA) is 100 Å². The number of hydrogen-bond donors (Lipinski definition) is 4. The fourth-order valence-electron chi connectivity index (χ4n) is 2.11. The lowest BCUT2D eigenvalue weighted by Crippen LogP contribution is -2.37. The minimum absolute atomic E-state index is 0.00636. The van der Waals surface area contributed by atoms with E-state index in [1.807, 2.05) is 0 Å². The second-order valence-electron chi connectivity index (χ2n) is 4.68. The summed E-state index contributed by atoms with van der Waals surface area (Å²) in [6.07, 6.45) is 2.05. The average Bonchev–Trinajstić information content (AvgIpc) is 2.41. The Balaban J connectivity index is 1.99. The van der Waals surface area contributed by atoms with Crippen LogP contribution in [0.5, 0.6) is 0 Å². The van der Waals surface area contributed by atoms with Crippen LogP contribution in [0.3, 0.4) is 0 Å². The van der Waals surface area contributed by atoms with E-state index in [1.54, 1.807) is 0 Å². The fraction of sp³-hybridized carbons (Fsp3) is 0.500. The number of nitrogen functional groups attached to an aromatic ring is 1. The number of aromatic amines is 1. The summed E-state index contributed by atoms with van der Waals surface area (Å²) >= 11 is 5.80. The molecule has 0 atom stereocenters. The Labute approximate surface area is 115 Å². The normalized spacial score (nSPS) is 16.3. The number of pyridine rings is 1. The summed E-state index contributed by atoms with van der Waals surface area (Å²) in [5.74, 6) is 0.108. The van der Waals surface area contributed by atoms with Gasteiger partial charge in [0.05, 0.1) is 5.02 Å². The molecule has 1 saturated heterocycles. The lowest BCUT2D eigenvalue weighted by Gasteiger charge is -2.22. The van der Waals surface area contributed by atoms with Gasteiger partial charge in [0.15, 0.2) is 0 Å². The van der Waals surface area contributed by atoms with Crippen LogP contribution in [0, 0.1) is 5.92 Å². The van der Waals surface area contributed by atoms with Gasteiger partial charge in [-0.3, -0.25) is 9.59 Å². The van der Waals surface area contributed by atoms with E-state index >= 15 is 0 Å². The molecular formula is C12H17ClN4O2. The molecule has 1 fully saturated rings. The van der Waals surface area contributed by atoms with Crippen molar-refractivity contribution >= 4 is 23.3 Å². The van der Waals surface area contributed by atoms with E-state index in [-0.39, 0.29) is 16.4 Å². The number of nitrogens with one attached hydrogen (secondary N) is 3. The summed E-state index contributed by atoms with van der Waals surface area (Å²) in [6, 6.07) is 1.30. The summed E-state index contributed by atoms with van der Waals surface area (Å²) in [5, 5.41) is 6.20. The zero-order chi connectivity index (χ0) is 13.8. The van der Waals surface area contributed by atoms with Crippen molar-refractivity contribution in [2.45, 2.75) is 12.8 Å². The molecule has 0 saturated carbocycles. The van der Waals surface area contributed by atoms with Crippen LogP contribution < -0.4 is 21.9 Å². The maximum absolute atomic E-state index is 11.9. The molecule has 1 aromatic rings. The quantitative estimate of drug-likeness (QED) is 0.643. The number of rotatable bonds is 3. The van der Waals surface area contributed by atoms with Crippen LogP contribution in [0.2, 0.25) is 5.02 Å². The van der Waals surface area contributed by atoms with Crippen LogP contribution >= 0.6 is 11.6 Å². The predicted octanol–water partition coefficient (Wildman–Crippen LogP) is 0.340. The minimum Gasteiger partial charge on any atom is -0.384 e. The van der Waals surface area contributed by atoms with Gasteiger partial charge in [-0.2, -0.15) is 0 Å². The van der Waals surface area contributed by atoms with E-state index in [9.17, 15) is 9.59 Å². The molecule has 7 heteroatoms. The number of carbonyl (C=O) groups is 1. The first-order chi connectivity index (χ1) is 9.08. The second kappa shape index (κ2) is 6.08. The van der Waals surface area contributed by atoms with Crippen molar-refractivity contribution in [2.24, 2.45) is 5.92 Å². The average molecular weight is 285 g/mol. The number of nitrogens with two attached hydrogens (primary N) is 1. The summed E-state index contributed by atoms with van der Waals surface area (Å²) in [7, 11) is 0. The molecule has 1 aliphatic rings. The molecule has 1 aliphatic heterocycles. The van der Waals surface area contributed by atoms with Gasteiger partial charge in [0.2, 0.25) is 0 Å². The minimum atomic E-state index is -0.523. The van der Waals surface area contributed by atoms with Crippen LogP contribution in [-0.4, -0.2) is 30.5 Å². The van der Waals surface area contributed by atoms with Crippen molar-refractivity contribution in [3.05, 3.63) is 27.0 Å². The van der Waals surface area contributed by atoms with Crippen LogP contribution in [-0.2, 0) is 0 Å². The molecule has 0 bridgehead atoms. The molecule has 5 N–H and O–H groups in total. The SMILES string of the molecule is Nc1[nH]c(=O)c(C(=O)NCC2CCNCC2)cc1Cl. The first-order valence-corrected chi connectivity index (χ1v) is 6.63. The third-order valence-electron chi connectivity index (χ3n) is 3.28. The van der Waals surface area contributed by atoms with E-state index in [0.717, 1.165) is 25.9 Å². The van der Waals surface area contributed by atoms with Crippen molar-refractivity contribution in [3.63, 3.8) is 0 Å². The molecule has 0 aliphatic carbocycles. The van der Waals surface area contributed by atoms with Crippen molar-refractivity contribution in [1.82, 2.24) is 15.6 Å². The summed E-state index contributed by atoms with van der Waals surface area (Å²) in [4.78, 5) is 25.9. The highest BCUT2D eigenvalue weighted by molar-refractivity contribution is 6.33. The van der Waals surface area contributed by atoms with Gasteiger partial charge in [-0.25, -0.2) is 0 Å². The molecule has 1 aromatic heterocycles. The largest absolute Gasteiger partial charge is 0.384 e. The van der Waals surface area contributed by atoms with E-state index in [1.165, 1.54) is 6.07 Å². The highest BCUT2D eigenvalue weighted by Crippen LogP contribution is 2.14. The number of piperidine rings is 1. The van der Waals surface area contributed by atoms with Crippen LogP contribution in [0.1, 0.15) is 23.2 Å². The van der Waals surface area contributed by atoms with E-state index in [2.05, 4.69) is 15.6 Å². The number of anilines is 1. The van der Waals surface area contributed by atoms with Crippen LogP contribution in [0.15, 0.2) is 10.9 Å². The van der Waals surface area contributed by atoms with E-state index in [0.29, 0.717) is 12.5 Å². The lowest BCUT2D eigenvalue weighted by molar-refractivity contribution is 0.0942. The molecular weight excluding hydrogens is 268 g/mol. The van der Waals surface area contributed by atoms with Gasteiger partial charge < -0.3 is 21.4 Å². The Morgan fingerprint density at radius 3 is 2.84 bits per heavy atom. The molecule has 104 valence electrons. The molecule has 1 amide bonds. The highest BCUT2D eigenvalue weighted by atomic mass is 35.5. The molecule has 0 unspecified atom stereocenters. The number of amides is 1. The third-order valence-corrected chi connectivity index (χ3v) is 3.59. The number of halogens is 1. The standard InChI is InChI=1S/C12H17ClN4O2/c13-9-5-8(12(19)17-10(9)14)11(18)16-6-7-1-3-15-4-2-7/h5,7,15H,1-4,6H2,(H,16,18)(H3,14,17,19). The second-order valence-corrected chi connectivity index (χ2v) is 5.08. The van der Waals surface area contributed by atoms with Crippen molar-refractivity contribution in [1.29, 1.82) is 0 Å². The number of H-pyrrole nitrogens is 1. The van der Waals surface area contributed by atoms with Crippen molar-refractivity contribution in [3.8, 4) is 0 Å². The molecule has 0 spiro atoms. The van der Waals surface area contributed by atoms with Gasteiger partial charge in [0, 0.05) is 6.54 Å². The van der Waals surface area contributed by atoms with Gasteiger partial charge in [-0.15, -0.1) is 0 Å². The fourth-order valence-corrected chi connectivity index (χ4v) is 2.26. The van der Waals surface area contributed by atoms with Crippen molar-refractivity contribution in [2.75, 3.05) is 25.4 Å². The Kier molecular flexibility index (Phi) is 4.44. The summed E-state index contributed by atoms with van der Waals surface area (Å²) in [6.45, 7) is 2.51. The molecule has 2 heterocycles. The van der Waals surface area contributed by atoms with Crippen LogP contribution in [0.4, 0.5) is 5.82 Å². The maximum atomic E-state index is 11.9. The summed E-state index contributed by atoms with van der Waals surface area (Å²) in [5.41, 5.74) is 4.92. The zero-order valence-electron chi connectivity index (χ0n) is 10.5. The number of hydrogen-bond acceptors (Lipinski definition) is 4. The Morgan fingerprint density at radius 2 is 2.16 bits per heavy atom. The van der Waals surface area contributed by atoms with Gasteiger partial charge in [-0.05, 0) is 37.9 Å². The summed E-state index contributed by atoms with van der Waals surface area (Å²) < 4.78 is 0. The van der Waals surface area contributed by atoms with Gasteiger partial charge in [0.25, 0.3) is 11.5 Å². The van der Waals surface area contributed by atoms with Gasteiger partial charge in [-0.1, -0.05) is 11.6 Å². The monoisotopic (exact) mass is 284 g/mol. The molecule has 0 radical (unpaired) electrons. The first kappa shape index (κ1) is 13.9. The van der Waals surface area contributed by atoms with E-state index < -0.39 is 11.5 Å². The predicted molar refractivity (Wildman–Crippen MR) is 74.4 cm³/mol. The van der Waals surface area contributed by atoms with Crippen molar-refractivity contribution < 1.29 is 4.79 Å². The lowest BCUT2D eigenvalue weighted by atomic mass is 9.98. The Hall–Kier alpha value is -1.53. The van der Waals surface area contributed by atoms with Crippen LogP contribution in [0.25, 0.3) is 0 Å². The number of carbonyl (C=O) groups excluding carboxylic acids is 1.